The summed E-state index contributed by atoms with van der Waals surface area (Å²) in [6, 6.07) is 68.1. The van der Waals surface area contributed by atoms with Crippen molar-refractivity contribution < 1.29 is 0 Å². The quantitative estimate of drug-likeness (QED) is 0.159. The van der Waals surface area contributed by atoms with E-state index in [-0.39, 0.29) is 0 Å². The highest BCUT2D eigenvalue weighted by atomic mass is 15.2. The van der Waals surface area contributed by atoms with Crippen molar-refractivity contribution in [3.8, 4) is 56.4 Å². The Morgan fingerprint density at radius 2 is 0.915 bits per heavy atom. The number of fused-ring (bicyclic) bond motifs is 6. The molecule has 11 rings (SSSR count). The number of aromatic nitrogens is 4. The van der Waals surface area contributed by atoms with Crippen LogP contribution < -0.4 is 0 Å². The van der Waals surface area contributed by atoms with Gasteiger partial charge in [-0.2, -0.15) is 0 Å². The number of hydrogen-bond donors (Lipinski definition) is 0. The first-order valence-electron chi connectivity index (χ1n) is 19.8. The lowest BCUT2D eigenvalue weighted by Crippen LogP contribution is -2.04. The summed E-state index contributed by atoms with van der Waals surface area (Å²) < 4.78 is 4.59. The summed E-state index contributed by atoms with van der Waals surface area (Å²) in [5, 5.41) is 4.76. The highest BCUT2D eigenvalue weighted by Gasteiger charge is 2.19. The van der Waals surface area contributed by atoms with Crippen LogP contribution in [0.1, 0.15) is 5.56 Å². The highest BCUT2D eigenvalue weighted by molar-refractivity contribution is 6.12. The van der Waals surface area contributed by atoms with E-state index in [2.05, 4.69) is 185 Å². The van der Waals surface area contributed by atoms with Gasteiger partial charge in [0.2, 0.25) is 5.95 Å². The second-order valence-electron chi connectivity index (χ2n) is 15.0. The maximum atomic E-state index is 7.33. The Hall–Kier alpha value is -8.07. The van der Waals surface area contributed by atoms with Gasteiger partial charge in [-0.1, -0.05) is 145 Å². The maximum Gasteiger partial charge on any atom is 0.235 e. The van der Waals surface area contributed by atoms with Crippen molar-refractivity contribution in [2.45, 2.75) is 6.92 Å². The normalized spacial score (nSPS) is 11.5. The Morgan fingerprint density at radius 1 is 0.390 bits per heavy atom. The highest BCUT2D eigenvalue weighted by Crippen LogP contribution is 2.39. The molecule has 3 heterocycles. The molecule has 0 aliphatic heterocycles. The van der Waals surface area contributed by atoms with Gasteiger partial charge in [0.25, 0.3) is 0 Å². The van der Waals surface area contributed by atoms with Crippen molar-refractivity contribution in [3.05, 3.63) is 211 Å². The fourth-order valence-electron chi connectivity index (χ4n) is 8.54. The predicted molar refractivity (Wildman–Crippen MR) is 243 cm³/mol. The van der Waals surface area contributed by atoms with E-state index < -0.39 is 0 Å². The molecule has 0 aliphatic carbocycles. The van der Waals surface area contributed by atoms with Crippen LogP contribution in [0.2, 0.25) is 0 Å². The van der Waals surface area contributed by atoms with Crippen molar-refractivity contribution in [1.29, 1.82) is 0 Å². The van der Waals surface area contributed by atoms with E-state index in [1.165, 1.54) is 27.4 Å². The summed E-state index contributed by atoms with van der Waals surface area (Å²) in [6.45, 7) is 9.47. The molecule has 11 aromatic rings. The largest absolute Gasteiger partial charge is 0.309 e. The van der Waals surface area contributed by atoms with Crippen LogP contribution in [0.5, 0.6) is 0 Å². The number of para-hydroxylation sites is 2. The lowest BCUT2D eigenvalue weighted by molar-refractivity contribution is 0.995. The number of rotatable bonds is 6. The molecule has 0 N–H and O–H groups in total. The molecular weight excluding hydrogens is 719 g/mol. The van der Waals surface area contributed by atoms with Crippen LogP contribution in [0.3, 0.4) is 0 Å². The molecule has 59 heavy (non-hydrogen) atoms. The van der Waals surface area contributed by atoms with Crippen molar-refractivity contribution in [2.75, 3.05) is 0 Å². The SMILES string of the molecule is [C-]#[N+]c1ccc(-c2ccc(-c3cc(-c4ccccc4)nc(-n4c5ccc(C)cc5c5ccc(-c6ccc7c(c6)c6ccccc6n7-c6ccccc6)cc54)n3)cc2)cc1. The predicted octanol–water partition coefficient (Wildman–Crippen LogP) is 14.2. The van der Waals surface area contributed by atoms with Crippen LogP contribution >= 0.6 is 0 Å². The van der Waals surface area contributed by atoms with Crippen molar-refractivity contribution in [3.63, 3.8) is 0 Å². The summed E-state index contributed by atoms with van der Waals surface area (Å²) in [7, 11) is 0. The summed E-state index contributed by atoms with van der Waals surface area (Å²) in [4.78, 5) is 14.2. The molecule has 0 saturated carbocycles. The molecule has 0 atom stereocenters. The van der Waals surface area contributed by atoms with E-state index in [1.807, 2.05) is 30.3 Å². The number of aryl methyl sites for hydroxylation is 1. The van der Waals surface area contributed by atoms with Crippen LogP contribution in [0.25, 0.3) is 105 Å². The third-order valence-corrected chi connectivity index (χ3v) is 11.4. The van der Waals surface area contributed by atoms with Crippen LogP contribution in [-0.4, -0.2) is 19.1 Å². The summed E-state index contributed by atoms with van der Waals surface area (Å²) in [5.41, 5.74) is 15.6. The topological polar surface area (TPSA) is 40.0 Å². The molecule has 0 saturated heterocycles. The minimum absolute atomic E-state index is 0.613. The molecule has 0 unspecified atom stereocenters. The van der Waals surface area contributed by atoms with Gasteiger partial charge in [-0.15, -0.1) is 0 Å². The molecule has 5 nitrogen and oxygen atoms in total. The van der Waals surface area contributed by atoms with Gasteiger partial charge in [0.05, 0.1) is 40.0 Å². The number of nitrogens with zero attached hydrogens (tertiary/aromatic N) is 5. The van der Waals surface area contributed by atoms with Crippen LogP contribution in [0.4, 0.5) is 5.69 Å². The molecule has 0 radical (unpaired) electrons. The van der Waals surface area contributed by atoms with E-state index >= 15 is 0 Å². The minimum atomic E-state index is 0.613. The van der Waals surface area contributed by atoms with Gasteiger partial charge < -0.3 is 4.57 Å². The standard InChI is InChI=1S/C54H35N5/c1-35-17-29-52-46(31-35)45-28-24-41(40-25-30-51-47(32-40)44-15-9-10-16-50(44)58(51)43-13-7-4-8-14-43)33-53(45)59(52)54-56-48(38-11-5-3-6-12-38)34-49(57-54)39-20-18-36(19-21-39)37-22-26-42(55-2)27-23-37/h3-34H,1H3. The minimum Gasteiger partial charge on any atom is -0.309 e. The zero-order valence-corrected chi connectivity index (χ0v) is 32.2. The zero-order valence-electron chi connectivity index (χ0n) is 32.2. The first kappa shape index (κ1) is 34.2. The van der Waals surface area contributed by atoms with E-state index in [4.69, 9.17) is 16.5 Å². The Kier molecular flexibility index (Phi) is 8.02. The number of hydrogen-bond acceptors (Lipinski definition) is 2. The molecule has 276 valence electrons. The van der Waals surface area contributed by atoms with Crippen molar-refractivity contribution >= 4 is 49.3 Å². The third kappa shape index (κ3) is 5.86. The first-order chi connectivity index (χ1) is 29.1. The monoisotopic (exact) mass is 753 g/mol. The molecule has 0 amide bonds. The molecule has 0 spiro atoms. The average molecular weight is 754 g/mol. The van der Waals surface area contributed by atoms with Gasteiger partial charge in [-0.25, -0.2) is 14.8 Å². The molecule has 0 bridgehead atoms. The van der Waals surface area contributed by atoms with Gasteiger partial charge in [0.1, 0.15) is 0 Å². The Labute approximate surface area is 341 Å². The van der Waals surface area contributed by atoms with Crippen molar-refractivity contribution in [2.24, 2.45) is 0 Å². The van der Waals surface area contributed by atoms with Crippen LogP contribution in [0, 0.1) is 13.5 Å². The molecular formula is C54H35N5. The van der Waals surface area contributed by atoms with E-state index in [9.17, 15) is 0 Å². The Morgan fingerprint density at radius 3 is 1.66 bits per heavy atom. The van der Waals surface area contributed by atoms with Gasteiger partial charge in [-0.05, 0) is 83.8 Å². The van der Waals surface area contributed by atoms with E-state index in [1.54, 1.807) is 0 Å². The van der Waals surface area contributed by atoms with E-state index in [0.717, 1.165) is 72.3 Å². The third-order valence-electron chi connectivity index (χ3n) is 11.4. The molecule has 5 heteroatoms. The second kappa shape index (κ2) is 13.8. The van der Waals surface area contributed by atoms with Crippen LogP contribution in [0.15, 0.2) is 194 Å². The number of benzene rings is 8. The molecule has 0 fully saturated rings. The lowest BCUT2D eigenvalue weighted by atomic mass is 10.0. The fraction of sp³-hybridized carbons (Fsp3) is 0.0185. The Bertz CT molecular complexity index is 3430. The Balaban J connectivity index is 1.10. The zero-order chi connectivity index (χ0) is 39.5. The van der Waals surface area contributed by atoms with Gasteiger partial charge in [0, 0.05) is 38.4 Å². The van der Waals surface area contributed by atoms with Gasteiger partial charge in [0.15, 0.2) is 5.69 Å². The molecule has 8 aromatic carbocycles. The average Bonchev–Trinajstić information content (AvgIpc) is 3.81. The van der Waals surface area contributed by atoms with Gasteiger partial charge >= 0.3 is 0 Å². The lowest BCUT2D eigenvalue weighted by Gasteiger charge is -2.13. The smallest absolute Gasteiger partial charge is 0.235 e. The van der Waals surface area contributed by atoms with Crippen LogP contribution in [-0.2, 0) is 0 Å². The summed E-state index contributed by atoms with van der Waals surface area (Å²) in [6.07, 6.45) is 0. The van der Waals surface area contributed by atoms with E-state index in [0.29, 0.717) is 11.6 Å². The summed E-state index contributed by atoms with van der Waals surface area (Å²) >= 11 is 0. The maximum absolute atomic E-state index is 7.33. The van der Waals surface area contributed by atoms with Gasteiger partial charge in [-0.3, -0.25) is 4.57 Å². The fourth-order valence-corrected chi connectivity index (χ4v) is 8.54. The molecule has 3 aromatic heterocycles. The second-order valence-corrected chi connectivity index (χ2v) is 15.0. The summed E-state index contributed by atoms with van der Waals surface area (Å²) in [5.74, 6) is 0.613. The molecule has 0 aliphatic rings. The van der Waals surface area contributed by atoms with Crippen molar-refractivity contribution in [1.82, 2.24) is 19.1 Å². The first-order valence-corrected chi connectivity index (χ1v) is 19.8.